The molecule has 0 saturated carbocycles. The second-order valence-corrected chi connectivity index (χ2v) is 6.24. The summed E-state index contributed by atoms with van der Waals surface area (Å²) < 4.78 is 5.44. The SMILES string of the molecule is CC(C)(C)OCC(=O)Nc1cccc(CCCBr)c1. The van der Waals surface area contributed by atoms with Crippen LogP contribution < -0.4 is 5.32 Å². The molecule has 1 N–H and O–H groups in total. The number of anilines is 1. The van der Waals surface area contributed by atoms with Crippen molar-refractivity contribution in [2.24, 2.45) is 0 Å². The van der Waals surface area contributed by atoms with Crippen LogP contribution in [-0.4, -0.2) is 23.4 Å². The highest BCUT2D eigenvalue weighted by Gasteiger charge is 2.12. The van der Waals surface area contributed by atoms with E-state index in [1.54, 1.807) is 0 Å². The minimum Gasteiger partial charge on any atom is -0.366 e. The van der Waals surface area contributed by atoms with E-state index in [1.807, 2.05) is 39.0 Å². The predicted molar refractivity (Wildman–Crippen MR) is 82.9 cm³/mol. The van der Waals surface area contributed by atoms with E-state index < -0.39 is 0 Å². The van der Waals surface area contributed by atoms with Gasteiger partial charge < -0.3 is 10.1 Å². The highest BCUT2D eigenvalue weighted by Crippen LogP contribution is 2.13. The van der Waals surface area contributed by atoms with Crippen LogP contribution in [0.25, 0.3) is 0 Å². The topological polar surface area (TPSA) is 38.3 Å². The molecule has 0 fully saturated rings. The Hall–Kier alpha value is -0.870. The monoisotopic (exact) mass is 327 g/mol. The number of halogens is 1. The Morgan fingerprint density at radius 2 is 2.11 bits per heavy atom. The van der Waals surface area contributed by atoms with Crippen molar-refractivity contribution in [3.8, 4) is 0 Å². The zero-order chi connectivity index (χ0) is 14.3. The Labute approximate surface area is 123 Å². The van der Waals surface area contributed by atoms with Crippen molar-refractivity contribution in [1.29, 1.82) is 0 Å². The van der Waals surface area contributed by atoms with E-state index in [2.05, 4.69) is 27.3 Å². The van der Waals surface area contributed by atoms with Gasteiger partial charge in [0.2, 0.25) is 5.91 Å². The Kier molecular flexibility index (Phi) is 6.52. The van der Waals surface area contributed by atoms with Crippen molar-refractivity contribution < 1.29 is 9.53 Å². The summed E-state index contributed by atoms with van der Waals surface area (Å²) in [6, 6.07) is 7.94. The molecule has 4 heteroatoms. The lowest BCUT2D eigenvalue weighted by Gasteiger charge is -2.19. The number of carbonyl (C=O) groups excluding carboxylic acids is 1. The van der Waals surface area contributed by atoms with Gasteiger partial charge in [0, 0.05) is 11.0 Å². The van der Waals surface area contributed by atoms with Crippen LogP contribution in [0.4, 0.5) is 5.69 Å². The molecule has 1 rings (SSSR count). The van der Waals surface area contributed by atoms with Crippen LogP contribution in [0.5, 0.6) is 0 Å². The van der Waals surface area contributed by atoms with Gasteiger partial charge in [-0.05, 0) is 51.3 Å². The summed E-state index contributed by atoms with van der Waals surface area (Å²) in [4.78, 5) is 11.7. The molecule has 19 heavy (non-hydrogen) atoms. The number of hydrogen-bond acceptors (Lipinski definition) is 2. The molecule has 0 aliphatic heterocycles. The lowest BCUT2D eigenvalue weighted by molar-refractivity contribution is -0.125. The molecule has 0 aliphatic rings. The van der Waals surface area contributed by atoms with Crippen LogP contribution in [-0.2, 0) is 16.0 Å². The normalized spacial score (nSPS) is 11.4. The first-order chi connectivity index (χ1) is 8.90. The molecule has 0 heterocycles. The molecular formula is C15H22BrNO2. The van der Waals surface area contributed by atoms with Crippen LogP contribution in [0, 0.1) is 0 Å². The van der Waals surface area contributed by atoms with Gasteiger partial charge in [-0.3, -0.25) is 4.79 Å². The number of rotatable bonds is 6. The van der Waals surface area contributed by atoms with E-state index in [4.69, 9.17) is 4.74 Å². The first-order valence-corrected chi connectivity index (χ1v) is 7.61. The minimum atomic E-state index is -0.297. The molecule has 0 bridgehead atoms. The maximum absolute atomic E-state index is 11.7. The van der Waals surface area contributed by atoms with E-state index in [9.17, 15) is 4.79 Å². The van der Waals surface area contributed by atoms with Crippen LogP contribution >= 0.6 is 15.9 Å². The van der Waals surface area contributed by atoms with E-state index in [0.717, 1.165) is 23.9 Å². The minimum absolute atomic E-state index is 0.0785. The Morgan fingerprint density at radius 3 is 2.74 bits per heavy atom. The Bertz CT molecular complexity index is 413. The maximum Gasteiger partial charge on any atom is 0.250 e. The molecule has 0 spiro atoms. The van der Waals surface area contributed by atoms with Crippen molar-refractivity contribution in [1.82, 2.24) is 0 Å². The number of alkyl halides is 1. The van der Waals surface area contributed by atoms with Gasteiger partial charge in [-0.25, -0.2) is 0 Å². The van der Waals surface area contributed by atoms with Crippen molar-refractivity contribution in [2.45, 2.75) is 39.2 Å². The molecular weight excluding hydrogens is 306 g/mol. The molecule has 1 aromatic carbocycles. The number of hydrogen-bond donors (Lipinski definition) is 1. The third-order valence-electron chi connectivity index (χ3n) is 2.45. The number of amides is 1. The summed E-state index contributed by atoms with van der Waals surface area (Å²) >= 11 is 3.42. The highest BCUT2D eigenvalue weighted by atomic mass is 79.9. The lowest BCUT2D eigenvalue weighted by Crippen LogP contribution is -2.27. The quantitative estimate of drug-likeness (QED) is 0.808. The number of aryl methyl sites for hydroxylation is 1. The molecule has 0 saturated heterocycles. The van der Waals surface area contributed by atoms with Crippen molar-refractivity contribution in [3.63, 3.8) is 0 Å². The number of nitrogens with one attached hydrogen (secondary N) is 1. The summed E-state index contributed by atoms with van der Waals surface area (Å²) in [5, 5.41) is 3.84. The summed E-state index contributed by atoms with van der Waals surface area (Å²) in [5.41, 5.74) is 1.76. The Balaban J connectivity index is 2.49. The number of ether oxygens (including phenoxy) is 1. The summed E-state index contributed by atoms with van der Waals surface area (Å²) in [6.07, 6.45) is 2.10. The largest absolute Gasteiger partial charge is 0.366 e. The van der Waals surface area contributed by atoms with Gasteiger partial charge in [0.1, 0.15) is 6.61 Å². The van der Waals surface area contributed by atoms with E-state index >= 15 is 0 Å². The van der Waals surface area contributed by atoms with Gasteiger partial charge in [-0.1, -0.05) is 28.1 Å². The fourth-order valence-corrected chi connectivity index (χ4v) is 1.84. The molecule has 1 aromatic rings. The average molecular weight is 328 g/mol. The molecule has 106 valence electrons. The van der Waals surface area contributed by atoms with Crippen LogP contribution in [0.1, 0.15) is 32.8 Å². The van der Waals surface area contributed by atoms with Gasteiger partial charge in [-0.2, -0.15) is 0 Å². The maximum atomic E-state index is 11.7. The summed E-state index contributed by atoms with van der Waals surface area (Å²) in [6.45, 7) is 5.87. The lowest BCUT2D eigenvalue weighted by atomic mass is 10.1. The Morgan fingerprint density at radius 1 is 1.37 bits per heavy atom. The fraction of sp³-hybridized carbons (Fsp3) is 0.533. The van der Waals surface area contributed by atoms with Gasteiger partial charge in [0.15, 0.2) is 0 Å². The molecule has 0 unspecified atom stereocenters. The molecule has 3 nitrogen and oxygen atoms in total. The van der Waals surface area contributed by atoms with Crippen LogP contribution in [0.2, 0.25) is 0 Å². The van der Waals surface area contributed by atoms with Gasteiger partial charge in [-0.15, -0.1) is 0 Å². The van der Waals surface area contributed by atoms with Crippen LogP contribution in [0.3, 0.4) is 0 Å². The third kappa shape index (κ3) is 7.33. The van der Waals surface area contributed by atoms with Crippen molar-refractivity contribution in [2.75, 3.05) is 17.3 Å². The second kappa shape index (κ2) is 7.65. The van der Waals surface area contributed by atoms with Crippen molar-refractivity contribution in [3.05, 3.63) is 29.8 Å². The summed E-state index contributed by atoms with van der Waals surface area (Å²) in [5.74, 6) is -0.118. The van der Waals surface area contributed by atoms with E-state index in [1.165, 1.54) is 5.56 Å². The van der Waals surface area contributed by atoms with Gasteiger partial charge >= 0.3 is 0 Å². The molecule has 0 aliphatic carbocycles. The number of carbonyl (C=O) groups is 1. The van der Waals surface area contributed by atoms with E-state index in [0.29, 0.717) is 0 Å². The highest BCUT2D eigenvalue weighted by molar-refractivity contribution is 9.09. The first-order valence-electron chi connectivity index (χ1n) is 6.49. The smallest absolute Gasteiger partial charge is 0.250 e. The molecule has 0 aromatic heterocycles. The summed E-state index contributed by atoms with van der Waals surface area (Å²) in [7, 11) is 0. The zero-order valence-electron chi connectivity index (χ0n) is 11.8. The predicted octanol–water partition coefficient (Wildman–Crippen LogP) is 3.77. The van der Waals surface area contributed by atoms with Gasteiger partial charge in [0.05, 0.1) is 5.60 Å². The molecule has 0 radical (unpaired) electrons. The molecule has 0 atom stereocenters. The number of benzene rings is 1. The molecule has 1 amide bonds. The second-order valence-electron chi connectivity index (χ2n) is 5.44. The average Bonchev–Trinajstić information content (AvgIpc) is 2.33. The third-order valence-corrected chi connectivity index (χ3v) is 3.01. The fourth-order valence-electron chi connectivity index (χ4n) is 1.55. The zero-order valence-corrected chi connectivity index (χ0v) is 13.4. The van der Waals surface area contributed by atoms with Crippen molar-refractivity contribution >= 4 is 27.5 Å². The van der Waals surface area contributed by atoms with Crippen LogP contribution in [0.15, 0.2) is 24.3 Å². The standard InChI is InChI=1S/C15H22BrNO2/c1-15(2,3)19-11-14(18)17-13-8-4-6-12(10-13)7-5-9-16/h4,6,8,10H,5,7,9,11H2,1-3H3,(H,17,18). The first kappa shape index (κ1) is 16.2. The van der Waals surface area contributed by atoms with Gasteiger partial charge in [0.25, 0.3) is 0 Å². The van der Waals surface area contributed by atoms with E-state index in [-0.39, 0.29) is 18.1 Å².